The van der Waals surface area contributed by atoms with E-state index in [2.05, 4.69) is 20.6 Å². The predicted molar refractivity (Wildman–Crippen MR) is 64.7 cm³/mol. The lowest BCUT2D eigenvalue weighted by atomic mass is 10.2. The second-order valence-corrected chi connectivity index (χ2v) is 3.94. The molecule has 18 heavy (non-hydrogen) atoms. The van der Waals surface area contributed by atoms with Gasteiger partial charge < -0.3 is 10.6 Å². The van der Waals surface area contributed by atoms with Gasteiger partial charge in [0.05, 0.1) is 0 Å². The predicted octanol–water partition coefficient (Wildman–Crippen LogP) is 2.97. The Morgan fingerprint density at radius 2 is 1.83 bits per heavy atom. The number of unbranched alkanes of at least 4 members (excludes halogenated alkanes) is 1. The molecule has 0 amide bonds. The first kappa shape index (κ1) is 14.5. The van der Waals surface area contributed by atoms with E-state index >= 15 is 0 Å². The fourth-order valence-corrected chi connectivity index (χ4v) is 1.54. The summed E-state index contributed by atoms with van der Waals surface area (Å²) in [6.07, 6.45) is -2.81. The highest BCUT2D eigenvalue weighted by Crippen LogP contribution is 2.22. The highest BCUT2D eigenvalue weighted by Gasteiger charge is 2.25. The molecular weight excluding hydrogens is 245 g/mol. The summed E-state index contributed by atoms with van der Waals surface area (Å²) in [6.45, 7) is 2.32. The van der Waals surface area contributed by atoms with Crippen molar-refractivity contribution < 1.29 is 13.2 Å². The zero-order valence-electron chi connectivity index (χ0n) is 10.4. The third kappa shape index (κ3) is 4.77. The minimum atomic E-state index is -4.07. The van der Waals surface area contributed by atoms with Gasteiger partial charge in [-0.15, -0.1) is 0 Å². The maximum absolute atomic E-state index is 11.9. The Bertz CT molecular complexity index is 379. The Balaban J connectivity index is 2.36. The van der Waals surface area contributed by atoms with Crippen molar-refractivity contribution in [2.75, 3.05) is 24.2 Å². The third-order valence-electron chi connectivity index (χ3n) is 2.50. The molecule has 0 bridgehead atoms. The first-order valence-corrected chi connectivity index (χ1v) is 5.74. The summed E-state index contributed by atoms with van der Waals surface area (Å²) in [5.41, 5.74) is 0.857. The molecule has 1 rings (SSSR count). The van der Waals surface area contributed by atoms with Crippen molar-refractivity contribution in [1.82, 2.24) is 9.97 Å². The highest BCUT2D eigenvalue weighted by molar-refractivity contribution is 5.55. The molecule has 1 aromatic heterocycles. The SMILES string of the molecule is CNc1ncnc(NCCCCC(F)(F)F)c1C. The normalized spacial score (nSPS) is 11.4. The minimum absolute atomic E-state index is 0.125. The van der Waals surface area contributed by atoms with Crippen LogP contribution in [0.25, 0.3) is 0 Å². The van der Waals surface area contributed by atoms with E-state index in [9.17, 15) is 13.2 Å². The van der Waals surface area contributed by atoms with Gasteiger partial charge in [0, 0.05) is 25.6 Å². The van der Waals surface area contributed by atoms with Crippen molar-refractivity contribution in [2.24, 2.45) is 0 Å². The molecule has 0 fully saturated rings. The van der Waals surface area contributed by atoms with Crippen LogP contribution < -0.4 is 10.6 Å². The molecule has 0 aliphatic rings. The number of rotatable bonds is 6. The number of nitrogens with zero attached hydrogens (tertiary/aromatic N) is 2. The average Bonchev–Trinajstić information content (AvgIpc) is 2.29. The standard InChI is InChI=1S/C11H17F3N4/c1-8-9(15-2)17-7-18-10(8)16-6-4-3-5-11(12,13)14/h7H,3-6H2,1-2H3,(H2,15,16,17,18). The number of anilines is 2. The van der Waals surface area contributed by atoms with E-state index in [0.717, 1.165) is 5.56 Å². The maximum Gasteiger partial charge on any atom is 0.389 e. The smallest absolute Gasteiger partial charge is 0.373 e. The van der Waals surface area contributed by atoms with Crippen LogP contribution in [0.4, 0.5) is 24.8 Å². The van der Waals surface area contributed by atoms with Gasteiger partial charge in [-0.25, -0.2) is 9.97 Å². The van der Waals surface area contributed by atoms with Crippen LogP contribution in [-0.2, 0) is 0 Å². The Kier molecular flexibility index (Phi) is 5.18. The highest BCUT2D eigenvalue weighted by atomic mass is 19.4. The first-order chi connectivity index (χ1) is 8.44. The maximum atomic E-state index is 11.9. The van der Waals surface area contributed by atoms with Crippen molar-refractivity contribution in [3.63, 3.8) is 0 Å². The van der Waals surface area contributed by atoms with Crippen molar-refractivity contribution >= 4 is 11.6 Å². The zero-order valence-corrected chi connectivity index (χ0v) is 10.4. The quantitative estimate of drug-likeness (QED) is 0.774. The topological polar surface area (TPSA) is 49.8 Å². The molecule has 0 saturated heterocycles. The van der Waals surface area contributed by atoms with Crippen LogP contribution in [0.1, 0.15) is 24.8 Å². The third-order valence-corrected chi connectivity index (χ3v) is 2.50. The second kappa shape index (κ2) is 6.42. The van der Waals surface area contributed by atoms with E-state index in [1.807, 2.05) is 6.92 Å². The summed E-state index contributed by atoms with van der Waals surface area (Å²) in [6, 6.07) is 0. The number of alkyl halides is 3. The molecule has 0 aliphatic heterocycles. The Hall–Kier alpha value is -1.53. The van der Waals surface area contributed by atoms with Gasteiger partial charge in [0.1, 0.15) is 18.0 Å². The zero-order chi connectivity index (χ0) is 13.6. The first-order valence-electron chi connectivity index (χ1n) is 5.74. The Morgan fingerprint density at radius 1 is 1.17 bits per heavy atom. The molecule has 102 valence electrons. The summed E-state index contributed by atoms with van der Waals surface area (Å²) >= 11 is 0. The largest absolute Gasteiger partial charge is 0.389 e. The van der Waals surface area contributed by atoms with Crippen LogP contribution in [0.3, 0.4) is 0 Å². The van der Waals surface area contributed by atoms with Crippen molar-refractivity contribution in [1.29, 1.82) is 0 Å². The van der Waals surface area contributed by atoms with Crippen LogP contribution in [-0.4, -0.2) is 29.7 Å². The minimum Gasteiger partial charge on any atom is -0.373 e. The lowest BCUT2D eigenvalue weighted by molar-refractivity contribution is -0.135. The molecule has 0 spiro atoms. The van der Waals surface area contributed by atoms with E-state index in [1.54, 1.807) is 7.05 Å². The second-order valence-electron chi connectivity index (χ2n) is 3.94. The van der Waals surface area contributed by atoms with Crippen LogP contribution in [0.2, 0.25) is 0 Å². The van der Waals surface area contributed by atoms with Gasteiger partial charge in [0.25, 0.3) is 0 Å². The Morgan fingerprint density at radius 3 is 2.44 bits per heavy atom. The molecule has 7 heteroatoms. The van der Waals surface area contributed by atoms with Crippen molar-refractivity contribution in [2.45, 2.75) is 32.4 Å². The number of nitrogens with one attached hydrogen (secondary N) is 2. The molecule has 2 N–H and O–H groups in total. The molecule has 0 unspecified atom stereocenters. The molecule has 0 radical (unpaired) electrons. The van der Waals surface area contributed by atoms with Crippen LogP contribution in [0.15, 0.2) is 6.33 Å². The molecule has 0 aliphatic carbocycles. The summed E-state index contributed by atoms with van der Waals surface area (Å²) < 4.78 is 35.8. The molecule has 1 aromatic rings. The number of aromatic nitrogens is 2. The van der Waals surface area contributed by atoms with Crippen LogP contribution in [0, 0.1) is 6.92 Å². The lowest BCUT2D eigenvalue weighted by Crippen LogP contribution is -2.10. The van der Waals surface area contributed by atoms with E-state index in [0.29, 0.717) is 24.6 Å². The monoisotopic (exact) mass is 262 g/mol. The van der Waals surface area contributed by atoms with Gasteiger partial charge in [-0.1, -0.05) is 0 Å². The molecule has 1 heterocycles. The lowest BCUT2D eigenvalue weighted by Gasteiger charge is -2.11. The fourth-order valence-electron chi connectivity index (χ4n) is 1.54. The van der Waals surface area contributed by atoms with Gasteiger partial charge in [0.15, 0.2) is 0 Å². The molecule has 4 nitrogen and oxygen atoms in total. The van der Waals surface area contributed by atoms with Gasteiger partial charge in [-0.05, 0) is 19.8 Å². The number of halogens is 3. The van der Waals surface area contributed by atoms with Crippen LogP contribution >= 0.6 is 0 Å². The van der Waals surface area contributed by atoms with E-state index < -0.39 is 12.6 Å². The summed E-state index contributed by atoms with van der Waals surface area (Å²) in [7, 11) is 1.75. The molecular formula is C11H17F3N4. The average molecular weight is 262 g/mol. The van der Waals surface area contributed by atoms with Crippen LogP contribution in [0.5, 0.6) is 0 Å². The van der Waals surface area contributed by atoms with Gasteiger partial charge in [0.2, 0.25) is 0 Å². The number of hydrogen-bond acceptors (Lipinski definition) is 4. The van der Waals surface area contributed by atoms with Gasteiger partial charge in [-0.3, -0.25) is 0 Å². The van der Waals surface area contributed by atoms with E-state index in [1.165, 1.54) is 6.33 Å². The summed E-state index contributed by atoms with van der Waals surface area (Å²) in [5, 5.41) is 5.93. The molecule has 0 atom stereocenters. The fraction of sp³-hybridized carbons (Fsp3) is 0.636. The molecule has 0 aromatic carbocycles. The number of hydrogen-bond donors (Lipinski definition) is 2. The summed E-state index contributed by atoms with van der Waals surface area (Å²) in [4.78, 5) is 8.07. The van der Waals surface area contributed by atoms with E-state index in [4.69, 9.17) is 0 Å². The molecule has 0 saturated carbocycles. The summed E-state index contributed by atoms with van der Waals surface area (Å²) in [5.74, 6) is 1.36. The van der Waals surface area contributed by atoms with Crippen molar-refractivity contribution in [3.05, 3.63) is 11.9 Å². The van der Waals surface area contributed by atoms with Gasteiger partial charge in [-0.2, -0.15) is 13.2 Å². The van der Waals surface area contributed by atoms with Crippen molar-refractivity contribution in [3.8, 4) is 0 Å². The Labute approximate surface area is 104 Å². The van der Waals surface area contributed by atoms with E-state index in [-0.39, 0.29) is 6.42 Å². The van der Waals surface area contributed by atoms with Gasteiger partial charge >= 0.3 is 6.18 Å².